The Balaban J connectivity index is 1.74. The Kier molecular flexibility index (Phi) is 4.87. The Morgan fingerprint density at radius 3 is 3.22 bits per heavy atom. The van der Waals surface area contributed by atoms with Gasteiger partial charge in [0.05, 0.1) is 6.42 Å². The van der Waals surface area contributed by atoms with Gasteiger partial charge >= 0.3 is 0 Å². The van der Waals surface area contributed by atoms with Crippen LogP contribution in [0.2, 0.25) is 0 Å². The van der Waals surface area contributed by atoms with Crippen LogP contribution < -0.4 is 5.32 Å². The van der Waals surface area contributed by atoms with Gasteiger partial charge in [-0.05, 0) is 45.2 Å². The molecule has 1 fully saturated rings. The Hall–Kier alpha value is -1.23. The quantitative estimate of drug-likeness (QED) is 0.824. The number of aryl methyl sites for hydroxylation is 1. The largest absolute Gasteiger partial charge is 0.316 e. The third-order valence-electron chi connectivity index (χ3n) is 3.58. The van der Waals surface area contributed by atoms with Crippen molar-refractivity contribution in [1.29, 1.82) is 0 Å². The van der Waals surface area contributed by atoms with Gasteiger partial charge in [-0.1, -0.05) is 0 Å². The molecule has 0 radical (unpaired) electrons. The molecule has 5 heteroatoms. The second kappa shape index (κ2) is 6.64. The zero-order chi connectivity index (χ0) is 12.8. The van der Waals surface area contributed by atoms with Gasteiger partial charge in [0.1, 0.15) is 17.9 Å². The van der Waals surface area contributed by atoms with Crippen LogP contribution in [0.5, 0.6) is 0 Å². The zero-order valence-corrected chi connectivity index (χ0v) is 11.1. The summed E-state index contributed by atoms with van der Waals surface area (Å²) in [5, 5.41) is 7.47. The molecule has 0 bridgehead atoms. The number of ketones is 1. The number of hydrogen-bond acceptors (Lipinski definition) is 4. The van der Waals surface area contributed by atoms with Gasteiger partial charge in [-0.15, -0.1) is 0 Å². The molecule has 1 aromatic rings. The molecule has 1 saturated heterocycles. The zero-order valence-electron chi connectivity index (χ0n) is 11.1. The molecule has 2 heterocycles. The summed E-state index contributed by atoms with van der Waals surface area (Å²) in [4.78, 5) is 16.1. The fourth-order valence-electron chi connectivity index (χ4n) is 2.49. The van der Waals surface area contributed by atoms with Crippen LogP contribution in [0.1, 0.15) is 38.4 Å². The average molecular weight is 250 g/mol. The van der Waals surface area contributed by atoms with Crippen LogP contribution in [-0.4, -0.2) is 33.6 Å². The number of nitrogens with one attached hydrogen (secondary N) is 1. The maximum Gasteiger partial charge on any atom is 0.140 e. The van der Waals surface area contributed by atoms with Crippen LogP contribution in [0.15, 0.2) is 6.33 Å². The SMILES string of the molecule is CCn1ncnc1CC(=O)CCC1CCCNC1. The minimum absolute atomic E-state index is 0.281. The molecule has 0 saturated carbocycles. The summed E-state index contributed by atoms with van der Waals surface area (Å²) in [6.45, 7) is 4.98. The lowest BCUT2D eigenvalue weighted by Gasteiger charge is -2.22. The molecular formula is C13H22N4O. The van der Waals surface area contributed by atoms with Crippen molar-refractivity contribution in [3.05, 3.63) is 12.2 Å². The molecule has 1 aromatic heterocycles. The van der Waals surface area contributed by atoms with E-state index < -0.39 is 0 Å². The van der Waals surface area contributed by atoms with E-state index in [-0.39, 0.29) is 5.78 Å². The van der Waals surface area contributed by atoms with E-state index in [1.54, 1.807) is 4.68 Å². The van der Waals surface area contributed by atoms with E-state index in [4.69, 9.17) is 0 Å². The van der Waals surface area contributed by atoms with Crippen LogP contribution in [0.4, 0.5) is 0 Å². The minimum Gasteiger partial charge on any atom is -0.316 e. The second-order valence-corrected chi connectivity index (χ2v) is 4.96. The summed E-state index contributed by atoms with van der Waals surface area (Å²) in [6.07, 6.45) is 6.12. The van der Waals surface area contributed by atoms with Crippen LogP contribution in [0.25, 0.3) is 0 Å². The predicted molar refractivity (Wildman–Crippen MR) is 69.2 cm³/mol. The lowest BCUT2D eigenvalue weighted by Crippen LogP contribution is -2.30. The van der Waals surface area contributed by atoms with Gasteiger partial charge < -0.3 is 5.32 Å². The molecule has 5 nitrogen and oxygen atoms in total. The number of carbonyl (C=O) groups excluding carboxylic acids is 1. The van der Waals surface area contributed by atoms with Crippen LogP contribution in [0.3, 0.4) is 0 Å². The van der Waals surface area contributed by atoms with E-state index in [2.05, 4.69) is 15.4 Å². The van der Waals surface area contributed by atoms with Gasteiger partial charge in [0, 0.05) is 13.0 Å². The number of nitrogens with zero attached hydrogens (tertiary/aromatic N) is 3. The fourth-order valence-corrected chi connectivity index (χ4v) is 2.49. The molecule has 1 aliphatic heterocycles. The highest BCUT2D eigenvalue weighted by atomic mass is 16.1. The normalized spacial score (nSPS) is 19.9. The van der Waals surface area contributed by atoms with Crippen molar-refractivity contribution in [3.63, 3.8) is 0 Å². The van der Waals surface area contributed by atoms with Crippen LogP contribution in [-0.2, 0) is 17.8 Å². The molecule has 100 valence electrons. The van der Waals surface area contributed by atoms with Gasteiger partial charge in [-0.3, -0.25) is 4.79 Å². The predicted octanol–water partition coefficient (Wildman–Crippen LogP) is 1.19. The molecule has 2 rings (SSSR count). The molecule has 1 atom stereocenters. The van der Waals surface area contributed by atoms with Gasteiger partial charge in [0.15, 0.2) is 0 Å². The first-order valence-electron chi connectivity index (χ1n) is 6.88. The monoisotopic (exact) mass is 250 g/mol. The lowest BCUT2D eigenvalue weighted by molar-refractivity contribution is -0.118. The highest BCUT2D eigenvalue weighted by Gasteiger charge is 2.15. The molecule has 0 amide bonds. The number of piperidine rings is 1. The number of aromatic nitrogens is 3. The van der Waals surface area contributed by atoms with Crippen molar-refractivity contribution < 1.29 is 4.79 Å². The van der Waals surface area contributed by atoms with E-state index in [1.165, 1.54) is 19.2 Å². The highest BCUT2D eigenvalue weighted by molar-refractivity contribution is 5.80. The van der Waals surface area contributed by atoms with Crippen molar-refractivity contribution in [1.82, 2.24) is 20.1 Å². The molecule has 1 N–H and O–H groups in total. The van der Waals surface area contributed by atoms with Crippen LogP contribution in [0, 0.1) is 5.92 Å². The van der Waals surface area contributed by atoms with E-state index in [9.17, 15) is 4.79 Å². The summed E-state index contributed by atoms with van der Waals surface area (Å²) in [6, 6.07) is 0. The second-order valence-electron chi connectivity index (χ2n) is 4.96. The maximum absolute atomic E-state index is 11.9. The highest BCUT2D eigenvalue weighted by Crippen LogP contribution is 2.16. The van der Waals surface area contributed by atoms with Crippen molar-refractivity contribution in [3.8, 4) is 0 Å². The topological polar surface area (TPSA) is 59.8 Å². The standard InChI is InChI=1S/C13H22N4O/c1-2-17-13(15-10-16-17)8-12(18)6-5-11-4-3-7-14-9-11/h10-11,14H,2-9H2,1H3. The van der Waals surface area contributed by atoms with E-state index >= 15 is 0 Å². The molecule has 0 aromatic carbocycles. The summed E-state index contributed by atoms with van der Waals surface area (Å²) < 4.78 is 1.79. The molecular weight excluding hydrogens is 228 g/mol. The number of Topliss-reactive ketones (excluding diaryl/α,β-unsaturated/α-hetero) is 1. The van der Waals surface area contributed by atoms with Crippen molar-refractivity contribution >= 4 is 5.78 Å². The first-order chi connectivity index (χ1) is 8.79. The molecule has 18 heavy (non-hydrogen) atoms. The Bertz CT molecular complexity index is 382. The summed E-state index contributed by atoms with van der Waals surface area (Å²) in [5.41, 5.74) is 0. The van der Waals surface area contributed by atoms with Gasteiger partial charge in [-0.2, -0.15) is 5.10 Å². The van der Waals surface area contributed by atoms with E-state index in [1.807, 2.05) is 6.92 Å². The van der Waals surface area contributed by atoms with Gasteiger partial charge in [-0.25, -0.2) is 9.67 Å². The Morgan fingerprint density at radius 1 is 1.61 bits per heavy atom. The summed E-state index contributed by atoms with van der Waals surface area (Å²) in [7, 11) is 0. The van der Waals surface area contributed by atoms with Crippen molar-refractivity contribution in [2.45, 2.75) is 45.6 Å². The van der Waals surface area contributed by atoms with Crippen molar-refractivity contribution in [2.75, 3.05) is 13.1 Å². The fraction of sp³-hybridized carbons (Fsp3) is 0.769. The number of hydrogen-bond donors (Lipinski definition) is 1. The first kappa shape index (κ1) is 13.2. The third kappa shape index (κ3) is 3.63. The molecule has 1 aliphatic rings. The molecule has 0 spiro atoms. The minimum atomic E-state index is 0.281. The van der Waals surface area contributed by atoms with E-state index in [0.29, 0.717) is 18.8 Å². The average Bonchev–Trinajstić information content (AvgIpc) is 2.85. The van der Waals surface area contributed by atoms with E-state index in [0.717, 1.165) is 31.9 Å². The maximum atomic E-state index is 11.9. The van der Waals surface area contributed by atoms with Gasteiger partial charge in [0.25, 0.3) is 0 Å². The Labute approximate surface area is 108 Å². The number of rotatable bonds is 6. The van der Waals surface area contributed by atoms with Crippen LogP contribution >= 0.6 is 0 Å². The smallest absolute Gasteiger partial charge is 0.140 e. The number of carbonyl (C=O) groups is 1. The lowest BCUT2D eigenvalue weighted by atomic mass is 9.93. The molecule has 1 unspecified atom stereocenters. The first-order valence-corrected chi connectivity index (χ1v) is 6.88. The van der Waals surface area contributed by atoms with Crippen molar-refractivity contribution in [2.24, 2.45) is 5.92 Å². The van der Waals surface area contributed by atoms with Gasteiger partial charge in [0.2, 0.25) is 0 Å². The Morgan fingerprint density at radius 2 is 2.50 bits per heavy atom. The summed E-state index contributed by atoms with van der Waals surface area (Å²) >= 11 is 0. The third-order valence-corrected chi connectivity index (χ3v) is 3.58. The molecule has 0 aliphatic carbocycles. The summed E-state index contributed by atoms with van der Waals surface area (Å²) in [5.74, 6) is 1.75.